The first-order chi connectivity index (χ1) is 17.1. The summed E-state index contributed by atoms with van der Waals surface area (Å²) in [6, 6.07) is 20.0. The van der Waals surface area contributed by atoms with Crippen molar-refractivity contribution in [1.82, 2.24) is 4.90 Å². The number of benzene rings is 3. The first kappa shape index (κ1) is 25.4. The van der Waals surface area contributed by atoms with Crippen molar-refractivity contribution in [2.75, 3.05) is 6.54 Å². The zero-order valence-corrected chi connectivity index (χ0v) is 21.0. The van der Waals surface area contributed by atoms with Crippen LogP contribution in [-0.2, 0) is 24.2 Å². The molecule has 3 aromatic rings. The minimum Gasteiger partial charge on any atom is -0.487 e. The number of carboxylic acids is 1. The van der Waals surface area contributed by atoms with Crippen LogP contribution >= 0.6 is 0 Å². The second kappa shape index (κ2) is 10.5. The average molecular weight is 490 g/mol. The number of carboxylic acid groups (broad SMARTS) is 1. The lowest BCUT2D eigenvalue weighted by molar-refractivity contribution is -0.137. The Morgan fingerprint density at radius 2 is 1.81 bits per heavy atom. The molecule has 6 heteroatoms. The predicted octanol–water partition coefficient (Wildman–Crippen LogP) is 6.00. The fraction of sp³-hybridized carbons (Fsp3) is 0.333. The van der Waals surface area contributed by atoms with Crippen LogP contribution in [0.2, 0.25) is 0 Å². The van der Waals surface area contributed by atoms with Gasteiger partial charge in [-0.15, -0.1) is 0 Å². The van der Waals surface area contributed by atoms with Crippen LogP contribution in [-0.4, -0.2) is 34.0 Å². The van der Waals surface area contributed by atoms with Crippen molar-refractivity contribution < 1.29 is 23.8 Å². The molecule has 0 spiro atoms. The Morgan fingerprint density at radius 1 is 1.06 bits per heavy atom. The highest BCUT2D eigenvalue weighted by molar-refractivity contribution is 5.95. The lowest BCUT2D eigenvalue weighted by Crippen LogP contribution is -2.33. The van der Waals surface area contributed by atoms with Gasteiger partial charge in [-0.2, -0.15) is 0 Å². The number of carbonyl (C=O) groups excluding carboxylic acids is 1. The Balaban J connectivity index is 1.50. The van der Waals surface area contributed by atoms with Gasteiger partial charge < -0.3 is 14.7 Å². The molecule has 0 radical (unpaired) electrons. The maximum atomic E-state index is 13.7. The second-order valence-electron chi connectivity index (χ2n) is 10.1. The number of halogens is 1. The Bertz CT molecular complexity index is 1250. The number of nitrogens with zero attached hydrogens (tertiary/aromatic N) is 1. The molecule has 0 fully saturated rings. The number of rotatable bonds is 9. The van der Waals surface area contributed by atoms with Gasteiger partial charge in [-0.25, -0.2) is 4.39 Å². The van der Waals surface area contributed by atoms with Gasteiger partial charge in [0.05, 0.1) is 6.42 Å². The van der Waals surface area contributed by atoms with Crippen LogP contribution in [0.1, 0.15) is 65.7 Å². The normalized spacial score (nSPS) is 16.5. The van der Waals surface area contributed by atoms with Crippen LogP contribution in [0.15, 0.2) is 66.7 Å². The van der Waals surface area contributed by atoms with Gasteiger partial charge in [-0.1, -0.05) is 50.2 Å². The van der Waals surface area contributed by atoms with E-state index in [9.17, 15) is 14.0 Å². The van der Waals surface area contributed by atoms with Crippen LogP contribution in [0.5, 0.6) is 5.75 Å². The third-order valence-corrected chi connectivity index (χ3v) is 6.60. The van der Waals surface area contributed by atoms with Crippen LogP contribution in [0.4, 0.5) is 4.39 Å². The zero-order chi connectivity index (χ0) is 25.9. The summed E-state index contributed by atoms with van der Waals surface area (Å²) in [7, 11) is 0. The van der Waals surface area contributed by atoms with Crippen LogP contribution < -0.4 is 4.74 Å². The first-order valence-electron chi connectivity index (χ1n) is 12.3. The monoisotopic (exact) mass is 489 g/mol. The van der Waals surface area contributed by atoms with E-state index >= 15 is 0 Å². The molecule has 1 aliphatic rings. The van der Waals surface area contributed by atoms with Gasteiger partial charge >= 0.3 is 5.97 Å². The maximum absolute atomic E-state index is 13.7. The Kier molecular flexibility index (Phi) is 7.43. The summed E-state index contributed by atoms with van der Waals surface area (Å²) >= 11 is 0. The summed E-state index contributed by atoms with van der Waals surface area (Å²) in [6.45, 7) is 6.58. The number of hydrogen-bond donors (Lipinski definition) is 1. The van der Waals surface area contributed by atoms with Crippen LogP contribution in [0.3, 0.4) is 0 Å². The topological polar surface area (TPSA) is 66.8 Å². The van der Waals surface area contributed by atoms with Gasteiger partial charge in [0.2, 0.25) is 0 Å². The molecule has 0 saturated carbocycles. The van der Waals surface area contributed by atoms with Crippen LogP contribution in [0, 0.1) is 5.82 Å². The first-order valence-corrected chi connectivity index (χ1v) is 12.3. The van der Waals surface area contributed by atoms with E-state index in [1.807, 2.05) is 12.1 Å². The highest BCUT2D eigenvalue weighted by atomic mass is 19.1. The molecule has 36 heavy (non-hydrogen) atoms. The smallest absolute Gasteiger partial charge is 0.305 e. The summed E-state index contributed by atoms with van der Waals surface area (Å²) in [5, 5.41) is 9.16. The number of amides is 1. The summed E-state index contributed by atoms with van der Waals surface area (Å²) in [6.07, 6.45) is 1.21. The molecule has 0 saturated heterocycles. The van der Waals surface area contributed by atoms with E-state index in [2.05, 4.69) is 45.0 Å². The molecule has 5 nitrogen and oxygen atoms in total. The van der Waals surface area contributed by atoms with Crippen molar-refractivity contribution >= 4 is 11.9 Å². The third kappa shape index (κ3) is 6.11. The number of fused-ring (bicyclic) bond motifs is 1. The molecule has 4 rings (SSSR count). The van der Waals surface area contributed by atoms with E-state index in [1.165, 1.54) is 28.2 Å². The average Bonchev–Trinajstić information content (AvgIpc) is 3.16. The van der Waals surface area contributed by atoms with Gasteiger partial charge in [0.25, 0.3) is 5.91 Å². The minimum absolute atomic E-state index is 0.0301. The molecule has 1 atom stereocenters. The quantitative estimate of drug-likeness (QED) is 0.400. The van der Waals surface area contributed by atoms with Crippen molar-refractivity contribution in [3.8, 4) is 5.75 Å². The van der Waals surface area contributed by atoms with Gasteiger partial charge in [0, 0.05) is 31.5 Å². The van der Waals surface area contributed by atoms with Gasteiger partial charge in [0.15, 0.2) is 0 Å². The van der Waals surface area contributed by atoms with Crippen molar-refractivity contribution in [2.45, 2.75) is 58.1 Å². The lowest BCUT2D eigenvalue weighted by Gasteiger charge is -2.24. The van der Waals surface area contributed by atoms with E-state index in [0.717, 1.165) is 17.7 Å². The zero-order valence-electron chi connectivity index (χ0n) is 21.0. The number of hydrogen-bond acceptors (Lipinski definition) is 3. The van der Waals surface area contributed by atoms with E-state index in [1.54, 1.807) is 18.2 Å². The highest BCUT2D eigenvalue weighted by Crippen LogP contribution is 2.38. The molecular weight excluding hydrogens is 457 g/mol. The molecule has 1 heterocycles. The molecule has 0 aromatic heterocycles. The predicted molar refractivity (Wildman–Crippen MR) is 137 cm³/mol. The van der Waals surface area contributed by atoms with Crippen LogP contribution in [0.25, 0.3) is 0 Å². The fourth-order valence-electron chi connectivity index (χ4n) is 4.73. The Labute approximate surface area is 211 Å². The summed E-state index contributed by atoms with van der Waals surface area (Å²) in [4.78, 5) is 26.0. The molecule has 188 valence electrons. The number of aliphatic carboxylic acids is 1. The highest BCUT2D eigenvalue weighted by Gasteiger charge is 2.35. The van der Waals surface area contributed by atoms with E-state index in [0.29, 0.717) is 23.5 Å². The van der Waals surface area contributed by atoms with Crippen molar-refractivity contribution in [3.63, 3.8) is 0 Å². The van der Waals surface area contributed by atoms with Crippen molar-refractivity contribution in [1.29, 1.82) is 0 Å². The van der Waals surface area contributed by atoms with Gasteiger partial charge in [0.1, 0.15) is 17.2 Å². The molecule has 0 bridgehead atoms. The van der Waals surface area contributed by atoms with E-state index < -0.39 is 17.4 Å². The number of ether oxygens (including phenoxy) is 1. The summed E-state index contributed by atoms with van der Waals surface area (Å²) in [5.74, 6) is -0.442. The second-order valence-corrected chi connectivity index (χ2v) is 10.1. The molecular formula is C30H32FNO4. The van der Waals surface area contributed by atoms with Crippen molar-refractivity contribution in [3.05, 3.63) is 100 Å². The summed E-state index contributed by atoms with van der Waals surface area (Å²) in [5.41, 5.74) is 4.09. The van der Waals surface area contributed by atoms with Gasteiger partial charge in [-0.3, -0.25) is 9.59 Å². The Morgan fingerprint density at radius 3 is 2.47 bits per heavy atom. The number of carbonyl (C=O) groups is 2. The van der Waals surface area contributed by atoms with E-state index in [4.69, 9.17) is 9.84 Å². The fourth-order valence-corrected chi connectivity index (χ4v) is 4.73. The van der Waals surface area contributed by atoms with E-state index in [-0.39, 0.29) is 25.4 Å². The molecule has 1 unspecified atom stereocenters. The van der Waals surface area contributed by atoms with Crippen molar-refractivity contribution in [2.24, 2.45) is 0 Å². The standard InChI is InChI=1S/C30H32FNO4/c1-20(2)23-9-7-21(8-10-23)17-30(3)18-25-16-24(11-12-27(25)36-30)29(35)32(14-13-28(33)34)19-22-5-4-6-26(31)15-22/h4-12,15-16,20H,13-14,17-19H2,1-3H3,(H,33,34). The molecule has 3 aromatic carbocycles. The molecule has 1 amide bonds. The molecule has 0 aliphatic carbocycles. The third-order valence-electron chi connectivity index (χ3n) is 6.60. The Hall–Kier alpha value is -3.67. The summed E-state index contributed by atoms with van der Waals surface area (Å²) < 4.78 is 20.0. The largest absolute Gasteiger partial charge is 0.487 e. The van der Waals surface area contributed by atoms with Gasteiger partial charge in [-0.05, 0) is 65.4 Å². The molecule has 1 N–H and O–H groups in total. The minimum atomic E-state index is -0.994. The SMILES string of the molecule is CC(C)c1ccc(CC2(C)Cc3cc(C(=O)N(CCC(=O)O)Cc4cccc(F)c4)ccc3O2)cc1. The molecule has 1 aliphatic heterocycles. The maximum Gasteiger partial charge on any atom is 0.305 e. The lowest BCUT2D eigenvalue weighted by atomic mass is 9.90.